The van der Waals surface area contributed by atoms with Gasteiger partial charge >= 0.3 is 18.0 Å². The molecule has 0 aromatic heterocycles. The number of carboxylic acids is 2. The Labute approximate surface area is 217 Å². The second kappa shape index (κ2) is 13.5. The first-order valence-electron chi connectivity index (χ1n) is 11.7. The van der Waals surface area contributed by atoms with Gasteiger partial charge in [-0.2, -0.15) is 0 Å². The van der Waals surface area contributed by atoms with Crippen LogP contribution in [-0.4, -0.2) is 93.6 Å². The molecule has 2 amide bonds. The summed E-state index contributed by atoms with van der Waals surface area (Å²) in [5.41, 5.74) is 11.0. The van der Waals surface area contributed by atoms with Crippen molar-refractivity contribution in [2.45, 2.75) is 38.6 Å². The molecule has 3 rings (SSSR count). The molecule has 0 spiro atoms. The lowest BCUT2D eigenvalue weighted by molar-refractivity contribution is -0.165. The molecular formula is C23H32FN5O9. The molecule has 2 heterocycles. The number of anilines is 1. The predicted molar refractivity (Wildman–Crippen MR) is 130 cm³/mol. The van der Waals surface area contributed by atoms with Gasteiger partial charge in [-0.3, -0.25) is 4.79 Å². The van der Waals surface area contributed by atoms with Crippen molar-refractivity contribution in [2.75, 3.05) is 31.1 Å². The van der Waals surface area contributed by atoms with Crippen LogP contribution in [0.25, 0.3) is 0 Å². The first-order valence-corrected chi connectivity index (χ1v) is 11.7. The first-order chi connectivity index (χ1) is 17.8. The van der Waals surface area contributed by atoms with Crippen molar-refractivity contribution in [2.24, 2.45) is 28.3 Å². The highest BCUT2D eigenvalue weighted by molar-refractivity contribution is 5.87. The minimum absolute atomic E-state index is 0.133. The molecule has 0 aliphatic carbocycles. The number of aliphatic hydroxyl groups excluding tert-OH is 2. The largest absolute Gasteiger partial charge is 0.479 e. The predicted octanol–water partition coefficient (Wildman–Crippen LogP) is -0.692. The number of aliphatic imine (C=N–C) groups is 1. The maximum absolute atomic E-state index is 14.8. The highest BCUT2D eigenvalue weighted by atomic mass is 19.1. The smallest absolute Gasteiger partial charge is 0.437 e. The minimum Gasteiger partial charge on any atom is -0.479 e. The number of benzene rings is 1. The molecule has 2 saturated heterocycles. The zero-order valence-electron chi connectivity index (χ0n) is 20.7. The number of halogens is 1. The average molecular weight is 542 g/mol. The zero-order chi connectivity index (χ0) is 28.6. The molecule has 14 nitrogen and oxygen atoms in total. The van der Waals surface area contributed by atoms with Crippen LogP contribution in [0.4, 0.5) is 14.9 Å². The summed E-state index contributed by atoms with van der Waals surface area (Å²) in [6.07, 6.45) is -3.48. The lowest BCUT2D eigenvalue weighted by atomic mass is 9.79. The molecule has 2 aliphatic rings. The average Bonchev–Trinajstić information content (AvgIpc) is 2.82. The summed E-state index contributed by atoms with van der Waals surface area (Å²) in [7, 11) is 0. The Hall–Kier alpha value is -3.98. The van der Waals surface area contributed by atoms with E-state index in [2.05, 4.69) is 4.99 Å². The molecule has 8 N–H and O–H groups in total. The van der Waals surface area contributed by atoms with E-state index < -0.39 is 42.0 Å². The van der Waals surface area contributed by atoms with Crippen LogP contribution in [0.5, 0.6) is 0 Å². The summed E-state index contributed by atoms with van der Waals surface area (Å²) in [4.78, 5) is 49.5. The normalized spacial score (nSPS) is 17.3. The van der Waals surface area contributed by atoms with Gasteiger partial charge in [0.05, 0.1) is 5.69 Å². The lowest BCUT2D eigenvalue weighted by Gasteiger charge is -2.47. The second-order valence-electron chi connectivity index (χ2n) is 8.92. The van der Waals surface area contributed by atoms with Crippen LogP contribution >= 0.6 is 0 Å². The van der Waals surface area contributed by atoms with E-state index in [1.54, 1.807) is 25.1 Å². The number of nitrogens with zero attached hydrogens (tertiary/aromatic N) is 3. The lowest BCUT2D eigenvalue weighted by Crippen LogP contribution is -2.52. The topological polar surface area (TPSA) is 229 Å². The maximum Gasteiger partial charge on any atom is 0.437 e. The number of aliphatic carboxylic acids is 2. The van der Waals surface area contributed by atoms with Gasteiger partial charge in [0.15, 0.2) is 24.0 Å². The van der Waals surface area contributed by atoms with Crippen LogP contribution < -0.4 is 16.4 Å². The van der Waals surface area contributed by atoms with Gasteiger partial charge in [-0.1, -0.05) is 12.1 Å². The number of carbonyl (C=O) groups excluding carboxylic acids is 2. The molecule has 1 aromatic carbocycles. The number of amides is 2. The monoisotopic (exact) mass is 541 g/mol. The number of hydrogen-bond donors (Lipinski definition) is 6. The van der Waals surface area contributed by atoms with Gasteiger partial charge in [0.2, 0.25) is 5.91 Å². The highest BCUT2D eigenvalue weighted by Crippen LogP contribution is 2.36. The summed E-state index contributed by atoms with van der Waals surface area (Å²) < 4.78 is 19.7. The van der Waals surface area contributed by atoms with Gasteiger partial charge in [-0.15, -0.1) is 4.99 Å². The van der Waals surface area contributed by atoms with Gasteiger partial charge < -0.3 is 46.4 Å². The van der Waals surface area contributed by atoms with E-state index in [4.69, 9.17) is 36.6 Å². The van der Waals surface area contributed by atoms with Gasteiger partial charge in [-0.05, 0) is 30.7 Å². The molecule has 210 valence electrons. The van der Waals surface area contributed by atoms with E-state index in [1.165, 1.54) is 0 Å². The van der Waals surface area contributed by atoms with Gasteiger partial charge in [0.1, 0.15) is 6.61 Å². The minimum atomic E-state index is -2.27. The SMILES string of the molecule is CC(=O)N1CCC(C2CN(c3cccc(COC(=O)N=C(N)N)c3F)C2)CC1.O=C(O)C(O)C(O)C(=O)O. The molecule has 2 atom stereocenters. The third-order valence-corrected chi connectivity index (χ3v) is 6.34. The third kappa shape index (κ3) is 8.27. The summed E-state index contributed by atoms with van der Waals surface area (Å²) in [6, 6.07) is 5.03. The Morgan fingerprint density at radius 3 is 2.08 bits per heavy atom. The maximum atomic E-state index is 14.8. The fourth-order valence-electron chi connectivity index (χ4n) is 4.16. The standard InChI is InChI=1S/C19H26FN5O3.C4H6O6/c1-12(26)24-7-5-13(6-8-24)15-9-25(10-15)16-4-2-3-14(17(16)20)11-28-19(27)23-18(21)22;5-1(3(7)8)2(6)4(9)10/h2-4,13,15H,5-11H2,1H3,(H4,21,22,23,27);1-2,5-6H,(H,7,8)(H,9,10). The number of carbonyl (C=O) groups is 4. The molecular weight excluding hydrogens is 509 g/mol. The highest BCUT2D eigenvalue weighted by Gasteiger charge is 2.36. The third-order valence-electron chi connectivity index (χ3n) is 6.34. The van der Waals surface area contributed by atoms with Crippen LogP contribution in [0.2, 0.25) is 0 Å². The second-order valence-corrected chi connectivity index (χ2v) is 8.92. The van der Waals surface area contributed by atoms with Crippen molar-refractivity contribution in [1.29, 1.82) is 0 Å². The van der Waals surface area contributed by atoms with E-state index in [0.29, 0.717) is 17.5 Å². The number of nitrogens with two attached hydrogens (primary N) is 2. The van der Waals surface area contributed by atoms with Crippen molar-refractivity contribution in [3.8, 4) is 0 Å². The fraction of sp³-hybridized carbons (Fsp3) is 0.522. The van der Waals surface area contributed by atoms with E-state index >= 15 is 0 Å². The number of carboxylic acid groups (broad SMARTS) is 2. The summed E-state index contributed by atoms with van der Waals surface area (Å²) >= 11 is 0. The molecule has 0 saturated carbocycles. The Bertz CT molecular complexity index is 1030. The number of rotatable bonds is 7. The molecule has 2 fully saturated rings. The van der Waals surface area contributed by atoms with Crippen LogP contribution in [0.1, 0.15) is 25.3 Å². The van der Waals surface area contributed by atoms with E-state index in [1.807, 2.05) is 9.80 Å². The Morgan fingerprint density at radius 1 is 1.05 bits per heavy atom. The van der Waals surface area contributed by atoms with Crippen molar-refractivity contribution in [3.63, 3.8) is 0 Å². The van der Waals surface area contributed by atoms with Gasteiger partial charge in [0.25, 0.3) is 0 Å². The van der Waals surface area contributed by atoms with Crippen LogP contribution in [0.15, 0.2) is 23.2 Å². The Kier molecular flexibility index (Phi) is 10.8. The van der Waals surface area contributed by atoms with E-state index in [9.17, 15) is 23.6 Å². The van der Waals surface area contributed by atoms with Crippen molar-refractivity contribution >= 4 is 35.6 Å². The van der Waals surface area contributed by atoms with E-state index in [-0.39, 0.29) is 18.1 Å². The number of aliphatic hydroxyl groups is 2. The Balaban J connectivity index is 0.000000432. The van der Waals surface area contributed by atoms with Gasteiger partial charge in [0, 0.05) is 38.7 Å². The van der Waals surface area contributed by atoms with Crippen molar-refractivity contribution in [1.82, 2.24) is 4.90 Å². The fourth-order valence-corrected chi connectivity index (χ4v) is 4.16. The Morgan fingerprint density at radius 2 is 1.61 bits per heavy atom. The molecule has 1 aromatic rings. The molecule has 2 aliphatic heterocycles. The van der Waals surface area contributed by atoms with Gasteiger partial charge in [-0.25, -0.2) is 18.8 Å². The molecule has 2 unspecified atom stereocenters. The summed E-state index contributed by atoms with van der Waals surface area (Å²) in [5, 5.41) is 32.5. The zero-order valence-corrected chi connectivity index (χ0v) is 20.7. The first kappa shape index (κ1) is 30.2. The van der Waals surface area contributed by atoms with Crippen LogP contribution in [-0.2, 0) is 25.7 Å². The number of piperidine rings is 1. The quantitative estimate of drug-likeness (QED) is 0.186. The van der Waals surface area contributed by atoms with E-state index in [0.717, 1.165) is 39.0 Å². The number of ether oxygens (including phenoxy) is 1. The number of hydrogen-bond acceptors (Lipinski definition) is 8. The van der Waals surface area contributed by atoms with Crippen molar-refractivity contribution < 1.29 is 48.7 Å². The molecule has 0 bridgehead atoms. The summed E-state index contributed by atoms with van der Waals surface area (Å²) in [6.45, 7) is 4.56. The summed E-state index contributed by atoms with van der Waals surface area (Å²) in [5.74, 6) is -3.13. The number of guanidine groups is 1. The molecule has 0 radical (unpaired) electrons. The molecule has 38 heavy (non-hydrogen) atoms. The van der Waals surface area contributed by atoms with Crippen LogP contribution in [0.3, 0.4) is 0 Å². The molecule has 15 heteroatoms. The number of likely N-dealkylation sites (tertiary alicyclic amines) is 1. The van der Waals surface area contributed by atoms with Crippen molar-refractivity contribution in [3.05, 3.63) is 29.6 Å². The van der Waals surface area contributed by atoms with Crippen LogP contribution in [0, 0.1) is 17.7 Å².